The maximum absolute atomic E-state index is 11.8. The summed E-state index contributed by atoms with van der Waals surface area (Å²) in [5.41, 5.74) is 1.35. The third kappa shape index (κ3) is 7.69. The van der Waals surface area contributed by atoms with Gasteiger partial charge >= 0.3 is 0 Å². The third-order valence-electron chi connectivity index (χ3n) is 5.37. The average molecular weight is 381 g/mol. The molecule has 1 aliphatic carbocycles. The molecule has 148 valence electrons. The molecule has 0 bridgehead atoms. The summed E-state index contributed by atoms with van der Waals surface area (Å²) in [7, 11) is -2.86. The van der Waals surface area contributed by atoms with E-state index in [0.717, 1.165) is 44.3 Å². The minimum absolute atomic E-state index is 0.245. The van der Waals surface area contributed by atoms with Crippen LogP contribution in [0.25, 0.3) is 0 Å². The van der Waals surface area contributed by atoms with Crippen molar-refractivity contribution in [1.82, 2.24) is 0 Å². The van der Waals surface area contributed by atoms with Gasteiger partial charge in [-0.1, -0.05) is 37.8 Å². The van der Waals surface area contributed by atoms with E-state index in [1.807, 2.05) is 0 Å². The second kappa shape index (κ2) is 11.0. The largest absolute Gasteiger partial charge is 0.490 e. The molecule has 3 nitrogen and oxygen atoms in total. The number of ether oxygens (including phenoxy) is 1. The summed E-state index contributed by atoms with van der Waals surface area (Å²) in [6, 6.07) is 8.56. The van der Waals surface area contributed by atoms with E-state index in [-0.39, 0.29) is 5.25 Å². The molecule has 0 radical (unpaired) electrons. The lowest BCUT2D eigenvalue weighted by Gasteiger charge is -2.23. The first-order valence-corrected chi connectivity index (χ1v) is 12.2. The van der Waals surface area contributed by atoms with Gasteiger partial charge in [0.2, 0.25) is 0 Å². The molecule has 0 saturated heterocycles. The maximum Gasteiger partial charge on any atom is 0.152 e. The molecule has 0 unspecified atom stereocenters. The van der Waals surface area contributed by atoms with Gasteiger partial charge < -0.3 is 4.74 Å². The number of hydrogen-bond acceptors (Lipinski definition) is 3. The summed E-state index contributed by atoms with van der Waals surface area (Å²) in [5.74, 6) is 1.36. The Kier molecular flexibility index (Phi) is 8.97. The Morgan fingerprint density at radius 2 is 1.69 bits per heavy atom. The topological polar surface area (TPSA) is 43.4 Å². The molecule has 0 atom stereocenters. The van der Waals surface area contributed by atoms with Gasteiger partial charge in [-0.3, -0.25) is 0 Å². The monoisotopic (exact) mass is 380 g/mol. The number of aryl methyl sites for hydroxylation is 1. The lowest BCUT2D eigenvalue weighted by atomic mass is 9.98. The standard InChI is InChI=1S/C22H36O3S/c1-19(2)26(23,24)17-10-5-3-4-7-12-20-13-11-16-22(18-20)25-21-14-8-6-9-15-21/h11,13,16,18-19,21H,3-10,12,14-15,17H2,1-2H3. The van der Waals surface area contributed by atoms with Crippen LogP contribution in [0, 0.1) is 0 Å². The Labute approximate surface area is 160 Å². The van der Waals surface area contributed by atoms with Crippen LogP contribution in [-0.4, -0.2) is 25.5 Å². The van der Waals surface area contributed by atoms with E-state index in [1.54, 1.807) is 13.8 Å². The molecule has 1 saturated carbocycles. The molecule has 1 fully saturated rings. The van der Waals surface area contributed by atoms with Crippen molar-refractivity contribution in [2.45, 2.75) is 95.8 Å². The first kappa shape index (κ1) is 21.3. The number of sulfone groups is 1. The van der Waals surface area contributed by atoms with Gasteiger partial charge in [0.15, 0.2) is 9.84 Å². The highest BCUT2D eigenvalue weighted by Gasteiger charge is 2.15. The number of hydrogen-bond donors (Lipinski definition) is 0. The molecule has 0 N–H and O–H groups in total. The molecular weight excluding hydrogens is 344 g/mol. The van der Waals surface area contributed by atoms with Crippen LogP contribution in [0.15, 0.2) is 24.3 Å². The quantitative estimate of drug-likeness (QED) is 0.462. The molecule has 0 heterocycles. The van der Waals surface area contributed by atoms with E-state index in [4.69, 9.17) is 4.74 Å². The van der Waals surface area contributed by atoms with Gasteiger partial charge in [0.25, 0.3) is 0 Å². The van der Waals surface area contributed by atoms with Crippen molar-refractivity contribution in [3.8, 4) is 5.75 Å². The van der Waals surface area contributed by atoms with Gasteiger partial charge in [-0.25, -0.2) is 8.42 Å². The van der Waals surface area contributed by atoms with Crippen molar-refractivity contribution in [1.29, 1.82) is 0 Å². The number of benzene rings is 1. The molecule has 1 aromatic carbocycles. The van der Waals surface area contributed by atoms with Crippen molar-refractivity contribution in [3.63, 3.8) is 0 Å². The van der Waals surface area contributed by atoms with Gasteiger partial charge in [-0.05, 0) is 76.5 Å². The van der Waals surface area contributed by atoms with E-state index >= 15 is 0 Å². The maximum atomic E-state index is 11.8. The fraction of sp³-hybridized carbons (Fsp3) is 0.727. The van der Waals surface area contributed by atoms with E-state index in [9.17, 15) is 8.42 Å². The molecule has 0 spiro atoms. The molecule has 0 amide bonds. The Bertz CT molecular complexity index is 616. The van der Waals surface area contributed by atoms with E-state index in [1.165, 1.54) is 37.7 Å². The van der Waals surface area contributed by atoms with Crippen molar-refractivity contribution in [3.05, 3.63) is 29.8 Å². The summed E-state index contributed by atoms with van der Waals surface area (Å²) < 4.78 is 29.7. The minimum atomic E-state index is -2.86. The van der Waals surface area contributed by atoms with Crippen LogP contribution in [0.1, 0.15) is 83.6 Å². The van der Waals surface area contributed by atoms with Gasteiger partial charge in [0.05, 0.1) is 17.1 Å². The van der Waals surface area contributed by atoms with Crippen LogP contribution in [0.3, 0.4) is 0 Å². The molecule has 1 aromatic rings. The fourth-order valence-corrected chi connectivity index (χ4v) is 4.63. The highest BCUT2D eigenvalue weighted by molar-refractivity contribution is 7.91. The van der Waals surface area contributed by atoms with E-state index in [2.05, 4.69) is 24.3 Å². The Balaban J connectivity index is 1.61. The average Bonchev–Trinajstić information content (AvgIpc) is 2.62. The van der Waals surface area contributed by atoms with Gasteiger partial charge in [-0.15, -0.1) is 0 Å². The SMILES string of the molecule is CC(C)S(=O)(=O)CCCCCCCc1cccc(OC2CCCCC2)c1. The summed E-state index contributed by atoms with van der Waals surface area (Å²) in [5, 5.41) is -0.245. The molecule has 1 aliphatic rings. The predicted molar refractivity (Wildman–Crippen MR) is 110 cm³/mol. The molecular formula is C22H36O3S. The predicted octanol–water partition coefficient (Wildman–Crippen LogP) is 5.71. The van der Waals surface area contributed by atoms with Crippen molar-refractivity contribution in [2.75, 3.05) is 5.75 Å². The zero-order valence-corrected chi connectivity index (χ0v) is 17.4. The van der Waals surface area contributed by atoms with Gasteiger partial charge in [-0.2, -0.15) is 0 Å². The zero-order chi connectivity index (χ0) is 18.8. The van der Waals surface area contributed by atoms with Crippen LogP contribution < -0.4 is 4.74 Å². The van der Waals surface area contributed by atoms with Crippen molar-refractivity contribution >= 4 is 9.84 Å². The second-order valence-corrected chi connectivity index (χ2v) is 10.6. The highest BCUT2D eigenvalue weighted by atomic mass is 32.2. The van der Waals surface area contributed by atoms with E-state index < -0.39 is 9.84 Å². The lowest BCUT2D eigenvalue weighted by Crippen LogP contribution is -2.19. The second-order valence-electron chi connectivity index (χ2n) is 7.96. The van der Waals surface area contributed by atoms with Crippen LogP contribution in [-0.2, 0) is 16.3 Å². The normalized spacial score (nSPS) is 16.1. The number of unbranched alkanes of at least 4 members (excludes halogenated alkanes) is 4. The van der Waals surface area contributed by atoms with Crippen molar-refractivity contribution < 1.29 is 13.2 Å². The Hall–Kier alpha value is -1.03. The van der Waals surface area contributed by atoms with Gasteiger partial charge in [0, 0.05) is 0 Å². The Morgan fingerprint density at radius 3 is 2.42 bits per heavy atom. The van der Waals surface area contributed by atoms with Crippen LogP contribution >= 0.6 is 0 Å². The van der Waals surface area contributed by atoms with Crippen LogP contribution in [0.2, 0.25) is 0 Å². The number of rotatable bonds is 11. The first-order valence-electron chi connectivity index (χ1n) is 10.4. The Morgan fingerprint density at radius 1 is 1.00 bits per heavy atom. The first-order chi connectivity index (χ1) is 12.5. The summed E-state index contributed by atoms with van der Waals surface area (Å²) in [6.07, 6.45) is 13.0. The summed E-state index contributed by atoms with van der Waals surface area (Å²) in [6.45, 7) is 3.53. The molecule has 2 rings (SSSR count). The van der Waals surface area contributed by atoms with Gasteiger partial charge in [0.1, 0.15) is 5.75 Å². The highest BCUT2D eigenvalue weighted by Crippen LogP contribution is 2.24. The molecule has 26 heavy (non-hydrogen) atoms. The summed E-state index contributed by atoms with van der Waals surface area (Å²) >= 11 is 0. The minimum Gasteiger partial charge on any atom is -0.490 e. The molecule has 4 heteroatoms. The van der Waals surface area contributed by atoms with Crippen LogP contribution in [0.5, 0.6) is 5.75 Å². The molecule has 0 aromatic heterocycles. The van der Waals surface area contributed by atoms with Crippen LogP contribution in [0.4, 0.5) is 0 Å². The zero-order valence-electron chi connectivity index (χ0n) is 16.6. The molecule has 0 aliphatic heterocycles. The fourth-order valence-electron chi connectivity index (χ4n) is 3.55. The summed E-state index contributed by atoms with van der Waals surface area (Å²) in [4.78, 5) is 0. The third-order valence-corrected chi connectivity index (χ3v) is 7.66. The van der Waals surface area contributed by atoms with E-state index in [0.29, 0.717) is 11.9 Å². The van der Waals surface area contributed by atoms with Crippen molar-refractivity contribution in [2.24, 2.45) is 0 Å². The smallest absolute Gasteiger partial charge is 0.152 e. The lowest BCUT2D eigenvalue weighted by molar-refractivity contribution is 0.155.